The molecule has 1 heterocycles. The van der Waals surface area contributed by atoms with Crippen LogP contribution in [0.1, 0.15) is 27.7 Å². The van der Waals surface area contributed by atoms with E-state index < -0.39 is 14.4 Å². The van der Waals surface area contributed by atoms with Crippen molar-refractivity contribution < 1.29 is 9.22 Å². The number of amides is 1. The standard InChI is InChI=1S/C22H28N4O2Si/c1-16(19-20(25-26-23)21(27)24-19)15-28-29(22(2,3)4,17-11-7-5-8-12-17)18-13-9-6-10-14-18/h5-14,16,19-20H,15H2,1-4H3,(H,24,27)/t16-,19+,20-/m0/s1. The lowest BCUT2D eigenvalue weighted by molar-refractivity contribution is -0.131. The minimum Gasteiger partial charge on any atom is -0.407 e. The van der Waals surface area contributed by atoms with Gasteiger partial charge in [-0.1, -0.05) is 93.5 Å². The lowest BCUT2D eigenvalue weighted by Gasteiger charge is -2.45. The molecular formula is C22H28N4O2Si. The van der Waals surface area contributed by atoms with Gasteiger partial charge >= 0.3 is 0 Å². The smallest absolute Gasteiger partial charge is 0.261 e. The van der Waals surface area contributed by atoms with E-state index in [1.54, 1.807) is 0 Å². The molecule has 0 aliphatic carbocycles. The van der Waals surface area contributed by atoms with Gasteiger partial charge in [-0.15, -0.1) is 0 Å². The second kappa shape index (κ2) is 8.41. The highest BCUT2D eigenvalue weighted by molar-refractivity contribution is 6.99. The molecule has 1 saturated heterocycles. The third-order valence-corrected chi connectivity index (χ3v) is 10.7. The molecule has 0 spiro atoms. The Morgan fingerprint density at radius 3 is 2.03 bits per heavy atom. The van der Waals surface area contributed by atoms with E-state index in [4.69, 9.17) is 9.96 Å². The van der Waals surface area contributed by atoms with Crippen molar-refractivity contribution in [1.29, 1.82) is 0 Å². The van der Waals surface area contributed by atoms with Gasteiger partial charge in [-0.2, -0.15) is 0 Å². The zero-order valence-electron chi connectivity index (χ0n) is 17.4. The zero-order valence-corrected chi connectivity index (χ0v) is 18.4. The molecule has 3 rings (SSSR count). The molecule has 0 aromatic heterocycles. The molecule has 1 aliphatic rings. The van der Waals surface area contributed by atoms with Crippen molar-refractivity contribution in [3.05, 3.63) is 71.1 Å². The Balaban J connectivity index is 1.96. The zero-order chi connectivity index (χ0) is 21.1. The van der Waals surface area contributed by atoms with E-state index in [-0.39, 0.29) is 22.9 Å². The summed E-state index contributed by atoms with van der Waals surface area (Å²) in [6.45, 7) is 9.20. The minimum absolute atomic E-state index is 0.0184. The summed E-state index contributed by atoms with van der Waals surface area (Å²) >= 11 is 0. The number of nitrogens with zero attached hydrogens (tertiary/aromatic N) is 3. The summed E-state index contributed by atoms with van der Waals surface area (Å²) in [6.07, 6.45) is 0. The molecule has 7 heteroatoms. The lowest BCUT2D eigenvalue weighted by Crippen LogP contribution is -2.68. The minimum atomic E-state index is -2.62. The highest BCUT2D eigenvalue weighted by Gasteiger charge is 2.51. The highest BCUT2D eigenvalue weighted by Crippen LogP contribution is 2.37. The van der Waals surface area contributed by atoms with Gasteiger partial charge in [-0.25, -0.2) is 0 Å². The van der Waals surface area contributed by atoms with Crippen molar-refractivity contribution in [2.45, 2.75) is 44.8 Å². The number of carbonyl (C=O) groups excluding carboxylic acids is 1. The van der Waals surface area contributed by atoms with E-state index in [1.807, 2.05) is 19.1 Å². The molecule has 2 aromatic rings. The monoisotopic (exact) mass is 408 g/mol. The summed E-state index contributed by atoms with van der Waals surface area (Å²) in [5.41, 5.74) is 8.74. The van der Waals surface area contributed by atoms with Crippen LogP contribution >= 0.6 is 0 Å². The topological polar surface area (TPSA) is 87.1 Å². The van der Waals surface area contributed by atoms with Crippen molar-refractivity contribution in [3.63, 3.8) is 0 Å². The van der Waals surface area contributed by atoms with Gasteiger partial charge in [0.2, 0.25) is 5.91 Å². The number of nitrogens with one attached hydrogen (secondary N) is 1. The Morgan fingerprint density at radius 1 is 1.10 bits per heavy atom. The Kier molecular flexibility index (Phi) is 6.12. The largest absolute Gasteiger partial charge is 0.407 e. The van der Waals surface area contributed by atoms with E-state index in [9.17, 15) is 4.79 Å². The fourth-order valence-electron chi connectivity index (χ4n) is 4.15. The third kappa shape index (κ3) is 3.94. The van der Waals surface area contributed by atoms with Gasteiger partial charge < -0.3 is 9.74 Å². The first kappa shape index (κ1) is 21.1. The second-order valence-corrected chi connectivity index (χ2v) is 12.9. The maximum absolute atomic E-state index is 11.7. The first-order chi connectivity index (χ1) is 13.8. The van der Waals surface area contributed by atoms with Crippen LogP contribution in [-0.2, 0) is 9.22 Å². The normalized spacial score (nSPS) is 20.2. The predicted molar refractivity (Wildman–Crippen MR) is 118 cm³/mol. The maximum atomic E-state index is 11.7. The molecule has 29 heavy (non-hydrogen) atoms. The summed E-state index contributed by atoms with van der Waals surface area (Å²) < 4.78 is 6.90. The van der Waals surface area contributed by atoms with Gasteiger partial charge in [-0.05, 0) is 26.9 Å². The summed E-state index contributed by atoms with van der Waals surface area (Å²) in [5, 5.41) is 8.84. The average molecular weight is 409 g/mol. The first-order valence-electron chi connectivity index (χ1n) is 9.91. The van der Waals surface area contributed by atoms with Crippen molar-refractivity contribution in [3.8, 4) is 0 Å². The van der Waals surface area contributed by atoms with Crippen molar-refractivity contribution >= 4 is 24.6 Å². The van der Waals surface area contributed by atoms with Gasteiger partial charge in [0.05, 0.1) is 6.04 Å². The number of hydrogen-bond donors (Lipinski definition) is 1. The highest BCUT2D eigenvalue weighted by atomic mass is 28.4. The van der Waals surface area contributed by atoms with Crippen LogP contribution in [0.5, 0.6) is 0 Å². The predicted octanol–water partition coefficient (Wildman–Crippen LogP) is 3.38. The number of carbonyl (C=O) groups is 1. The molecule has 0 radical (unpaired) electrons. The number of hydrogen-bond acceptors (Lipinski definition) is 3. The molecule has 1 aliphatic heterocycles. The van der Waals surface area contributed by atoms with Crippen LogP contribution in [0.25, 0.3) is 10.4 Å². The summed E-state index contributed by atoms with van der Waals surface area (Å²) in [6, 6.07) is 20.0. The van der Waals surface area contributed by atoms with E-state index in [0.29, 0.717) is 6.61 Å². The third-order valence-electron chi connectivity index (χ3n) is 5.69. The van der Waals surface area contributed by atoms with Crippen LogP contribution in [0.4, 0.5) is 0 Å². The average Bonchev–Trinajstić information content (AvgIpc) is 2.71. The summed E-state index contributed by atoms with van der Waals surface area (Å²) in [5.74, 6) is -0.199. The van der Waals surface area contributed by atoms with Gasteiger partial charge in [0.25, 0.3) is 8.32 Å². The Bertz CT molecular complexity index is 851. The molecule has 152 valence electrons. The van der Waals surface area contributed by atoms with Crippen LogP contribution < -0.4 is 15.7 Å². The van der Waals surface area contributed by atoms with Crippen molar-refractivity contribution in [2.75, 3.05) is 6.61 Å². The number of rotatable bonds is 7. The lowest BCUT2D eigenvalue weighted by atomic mass is 9.89. The van der Waals surface area contributed by atoms with E-state index in [1.165, 1.54) is 10.4 Å². The fraction of sp³-hybridized carbons (Fsp3) is 0.409. The van der Waals surface area contributed by atoms with Crippen molar-refractivity contribution in [2.24, 2.45) is 11.0 Å². The molecule has 1 N–H and O–H groups in total. The van der Waals surface area contributed by atoms with Gasteiger partial charge in [-0.3, -0.25) is 4.79 Å². The van der Waals surface area contributed by atoms with E-state index >= 15 is 0 Å². The molecule has 3 atom stereocenters. The second-order valence-electron chi connectivity index (χ2n) is 8.64. The Morgan fingerprint density at radius 2 is 1.62 bits per heavy atom. The van der Waals surface area contributed by atoms with Crippen LogP contribution in [0.2, 0.25) is 5.04 Å². The first-order valence-corrected chi connectivity index (χ1v) is 11.8. The number of benzene rings is 2. The summed E-state index contributed by atoms with van der Waals surface area (Å²) in [7, 11) is -2.62. The van der Waals surface area contributed by atoms with Crippen molar-refractivity contribution in [1.82, 2.24) is 5.32 Å². The number of β-lactam (4-membered cyclic amide) rings is 1. The maximum Gasteiger partial charge on any atom is 0.261 e. The Labute approximate surface area is 173 Å². The molecule has 1 fully saturated rings. The van der Waals surface area contributed by atoms with Crippen LogP contribution in [0.3, 0.4) is 0 Å². The molecule has 0 bridgehead atoms. The molecular weight excluding hydrogens is 380 g/mol. The molecule has 2 aromatic carbocycles. The summed E-state index contributed by atoms with van der Waals surface area (Å²) in [4.78, 5) is 14.5. The fourth-order valence-corrected chi connectivity index (χ4v) is 8.82. The van der Waals surface area contributed by atoms with E-state index in [0.717, 1.165) is 0 Å². The molecule has 0 unspecified atom stereocenters. The van der Waals surface area contributed by atoms with Crippen LogP contribution in [-0.4, -0.2) is 32.9 Å². The molecule has 1 amide bonds. The molecule has 0 saturated carbocycles. The van der Waals surface area contributed by atoms with Crippen LogP contribution in [0.15, 0.2) is 65.8 Å². The van der Waals surface area contributed by atoms with Gasteiger partial charge in [0, 0.05) is 11.5 Å². The molecule has 6 nitrogen and oxygen atoms in total. The van der Waals surface area contributed by atoms with Crippen LogP contribution in [0, 0.1) is 5.92 Å². The van der Waals surface area contributed by atoms with E-state index in [2.05, 4.69) is 84.6 Å². The quantitative estimate of drug-likeness (QED) is 0.250. The van der Waals surface area contributed by atoms with Gasteiger partial charge in [0.1, 0.15) is 6.04 Å². The Hall–Kier alpha value is -2.60. The SMILES string of the molecule is C[C@@H](CO[Si](c1ccccc1)(c1ccccc1)C(C)(C)C)[C@H]1NC(=O)[C@H]1N=[N+]=[N-]. The van der Waals surface area contributed by atoms with Gasteiger partial charge in [0.15, 0.2) is 0 Å². The number of azide groups is 1.